The number of thiophene rings is 1. The minimum atomic E-state index is -0.0823. The fourth-order valence-corrected chi connectivity index (χ4v) is 6.11. The molecule has 1 fully saturated rings. The molecule has 3 aromatic heterocycles. The van der Waals surface area contributed by atoms with Crippen LogP contribution in [0.4, 0.5) is 0 Å². The van der Waals surface area contributed by atoms with Crippen LogP contribution < -0.4 is 5.56 Å². The van der Waals surface area contributed by atoms with Crippen LogP contribution in [0.3, 0.4) is 0 Å². The van der Waals surface area contributed by atoms with E-state index in [0.717, 1.165) is 51.6 Å². The van der Waals surface area contributed by atoms with E-state index < -0.39 is 0 Å². The summed E-state index contributed by atoms with van der Waals surface area (Å²) in [5.74, 6) is 1.60. The number of nitrogens with one attached hydrogen (secondary N) is 1. The molecule has 1 N–H and O–H groups in total. The number of rotatable bonds is 6. The molecule has 4 heterocycles. The smallest absolute Gasteiger partial charge is 0.259 e. The highest BCUT2D eigenvalue weighted by Crippen LogP contribution is 2.35. The first-order chi connectivity index (χ1) is 15.5. The second kappa shape index (κ2) is 8.80. The standard InChI is InChI=1S/C23H26N6OS2/c1-14-15(2)31-22-19(14)21(30)24-20(25-22)16(3)32-23-27-26-18(13-28-11-7-8-12-28)29(23)17-9-5-4-6-10-17/h4-6,9-10,16H,7-8,11-13H2,1-3H3,(H,24,25,30). The van der Waals surface area contributed by atoms with Gasteiger partial charge in [0, 0.05) is 10.6 Å². The van der Waals surface area contributed by atoms with E-state index in [4.69, 9.17) is 4.98 Å². The lowest BCUT2D eigenvalue weighted by Crippen LogP contribution is -2.21. The number of aromatic amines is 1. The van der Waals surface area contributed by atoms with Gasteiger partial charge in [-0.2, -0.15) is 0 Å². The van der Waals surface area contributed by atoms with Gasteiger partial charge in [0.05, 0.1) is 17.2 Å². The number of benzene rings is 1. The third-order valence-electron chi connectivity index (χ3n) is 6.00. The van der Waals surface area contributed by atoms with Crippen LogP contribution in [0, 0.1) is 13.8 Å². The first kappa shape index (κ1) is 21.4. The summed E-state index contributed by atoms with van der Waals surface area (Å²) < 4.78 is 2.13. The largest absolute Gasteiger partial charge is 0.309 e. The molecule has 1 aromatic carbocycles. The molecule has 0 saturated carbocycles. The zero-order chi connectivity index (χ0) is 22.2. The van der Waals surface area contributed by atoms with Crippen molar-refractivity contribution in [2.45, 2.75) is 50.6 Å². The predicted octanol–water partition coefficient (Wildman–Crippen LogP) is 4.63. The molecule has 0 amide bonds. The SMILES string of the molecule is Cc1sc2nc(C(C)Sc3nnc(CN4CCCC4)n3-c3ccccc3)[nH]c(=O)c2c1C. The number of hydrogen-bond acceptors (Lipinski definition) is 7. The summed E-state index contributed by atoms with van der Waals surface area (Å²) in [6.07, 6.45) is 2.47. The Morgan fingerprint density at radius 1 is 1.16 bits per heavy atom. The van der Waals surface area contributed by atoms with Crippen molar-refractivity contribution in [1.29, 1.82) is 0 Å². The van der Waals surface area contributed by atoms with Crippen molar-refractivity contribution in [3.63, 3.8) is 0 Å². The van der Waals surface area contributed by atoms with E-state index in [1.807, 2.05) is 39.0 Å². The van der Waals surface area contributed by atoms with Gasteiger partial charge in [-0.3, -0.25) is 14.3 Å². The van der Waals surface area contributed by atoms with Gasteiger partial charge in [-0.1, -0.05) is 30.0 Å². The van der Waals surface area contributed by atoms with Crippen LogP contribution in [-0.4, -0.2) is 42.7 Å². The molecular weight excluding hydrogens is 440 g/mol. The zero-order valence-electron chi connectivity index (χ0n) is 18.5. The number of nitrogens with zero attached hydrogens (tertiary/aromatic N) is 5. The van der Waals surface area contributed by atoms with Gasteiger partial charge >= 0.3 is 0 Å². The Hall–Kier alpha value is -2.49. The molecule has 1 aliphatic rings. The summed E-state index contributed by atoms with van der Waals surface area (Å²) in [5.41, 5.74) is 1.99. The average molecular weight is 467 g/mol. The summed E-state index contributed by atoms with van der Waals surface area (Å²) in [4.78, 5) is 24.9. The van der Waals surface area contributed by atoms with Crippen molar-refractivity contribution in [2.75, 3.05) is 13.1 Å². The van der Waals surface area contributed by atoms with Crippen LogP contribution in [0.5, 0.6) is 0 Å². The van der Waals surface area contributed by atoms with Gasteiger partial charge in [0.2, 0.25) is 0 Å². The Kier molecular flexibility index (Phi) is 5.88. The summed E-state index contributed by atoms with van der Waals surface area (Å²) in [5, 5.41) is 10.5. The third kappa shape index (κ3) is 4.00. The Morgan fingerprint density at radius 2 is 1.91 bits per heavy atom. The molecule has 5 rings (SSSR count). The summed E-state index contributed by atoms with van der Waals surface area (Å²) in [6, 6.07) is 10.2. The molecule has 7 nitrogen and oxygen atoms in total. The van der Waals surface area contributed by atoms with Crippen LogP contribution >= 0.6 is 23.1 Å². The summed E-state index contributed by atoms with van der Waals surface area (Å²) in [7, 11) is 0. The Balaban J connectivity index is 1.49. The highest BCUT2D eigenvalue weighted by Gasteiger charge is 2.23. The number of fused-ring (bicyclic) bond motifs is 1. The number of H-pyrrole nitrogens is 1. The molecule has 1 atom stereocenters. The molecule has 0 spiro atoms. The van der Waals surface area contributed by atoms with Crippen LogP contribution in [-0.2, 0) is 6.54 Å². The lowest BCUT2D eigenvalue weighted by Gasteiger charge is -2.17. The summed E-state index contributed by atoms with van der Waals surface area (Å²) >= 11 is 3.14. The quantitative estimate of drug-likeness (QED) is 0.417. The molecule has 166 valence electrons. The van der Waals surface area contributed by atoms with Crippen LogP contribution in [0.1, 0.15) is 47.1 Å². The van der Waals surface area contributed by atoms with Gasteiger partial charge in [-0.15, -0.1) is 21.5 Å². The van der Waals surface area contributed by atoms with Crippen molar-refractivity contribution >= 4 is 33.3 Å². The Labute approximate surface area is 194 Å². The second-order valence-corrected chi connectivity index (χ2v) is 10.7. The maximum Gasteiger partial charge on any atom is 0.259 e. The Morgan fingerprint density at radius 3 is 2.66 bits per heavy atom. The lowest BCUT2D eigenvalue weighted by atomic mass is 10.2. The Bertz CT molecular complexity index is 1300. The maximum absolute atomic E-state index is 12.7. The molecule has 9 heteroatoms. The first-order valence-electron chi connectivity index (χ1n) is 10.9. The third-order valence-corrected chi connectivity index (χ3v) is 8.16. The molecule has 1 saturated heterocycles. The number of thioether (sulfide) groups is 1. The van der Waals surface area contributed by atoms with Crippen LogP contribution in [0.25, 0.3) is 15.9 Å². The van der Waals surface area contributed by atoms with Crippen molar-refractivity contribution < 1.29 is 0 Å². The van der Waals surface area contributed by atoms with E-state index in [1.54, 1.807) is 23.1 Å². The molecule has 4 aromatic rings. The van der Waals surface area contributed by atoms with Crippen LogP contribution in [0.2, 0.25) is 0 Å². The maximum atomic E-state index is 12.7. The van der Waals surface area contributed by atoms with E-state index in [2.05, 4.69) is 36.8 Å². The topological polar surface area (TPSA) is 79.7 Å². The van der Waals surface area contributed by atoms with Gasteiger partial charge in [0.1, 0.15) is 10.7 Å². The molecule has 32 heavy (non-hydrogen) atoms. The van der Waals surface area contributed by atoms with Gasteiger partial charge in [0.25, 0.3) is 5.56 Å². The molecule has 0 aliphatic carbocycles. The number of aryl methyl sites for hydroxylation is 2. The average Bonchev–Trinajstić information content (AvgIpc) is 3.50. The van der Waals surface area contributed by atoms with Crippen molar-refractivity contribution in [1.82, 2.24) is 29.6 Å². The van der Waals surface area contributed by atoms with E-state index in [9.17, 15) is 4.79 Å². The van der Waals surface area contributed by atoms with Crippen molar-refractivity contribution in [3.05, 3.63) is 62.8 Å². The predicted molar refractivity (Wildman–Crippen MR) is 130 cm³/mol. The monoisotopic (exact) mass is 466 g/mol. The fourth-order valence-electron chi connectivity index (χ4n) is 4.13. The number of hydrogen-bond donors (Lipinski definition) is 1. The molecule has 1 aliphatic heterocycles. The van der Waals surface area contributed by atoms with E-state index in [0.29, 0.717) is 11.2 Å². The molecular formula is C23H26N6OS2. The first-order valence-corrected chi connectivity index (χ1v) is 12.6. The summed E-state index contributed by atoms with van der Waals surface area (Å²) in [6.45, 7) is 9.05. The minimum absolute atomic E-state index is 0.0708. The van der Waals surface area contributed by atoms with Crippen molar-refractivity contribution in [3.8, 4) is 5.69 Å². The number of likely N-dealkylation sites (tertiary alicyclic amines) is 1. The number of aromatic nitrogens is 5. The second-order valence-electron chi connectivity index (χ2n) is 8.23. The normalized spacial score (nSPS) is 15.6. The molecule has 0 bridgehead atoms. The highest BCUT2D eigenvalue weighted by atomic mass is 32.2. The van der Waals surface area contributed by atoms with E-state index in [-0.39, 0.29) is 10.8 Å². The molecule has 1 unspecified atom stereocenters. The van der Waals surface area contributed by atoms with Gasteiger partial charge in [-0.05, 0) is 64.4 Å². The zero-order valence-corrected chi connectivity index (χ0v) is 20.1. The van der Waals surface area contributed by atoms with E-state index in [1.165, 1.54) is 12.8 Å². The molecule has 0 radical (unpaired) electrons. The fraction of sp³-hybridized carbons (Fsp3) is 0.391. The lowest BCUT2D eigenvalue weighted by molar-refractivity contribution is 0.319. The van der Waals surface area contributed by atoms with Gasteiger partial charge in [0.15, 0.2) is 11.0 Å². The minimum Gasteiger partial charge on any atom is -0.309 e. The van der Waals surface area contributed by atoms with E-state index >= 15 is 0 Å². The highest BCUT2D eigenvalue weighted by molar-refractivity contribution is 7.99. The van der Waals surface area contributed by atoms with Gasteiger partial charge < -0.3 is 4.98 Å². The van der Waals surface area contributed by atoms with Crippen molar-refractivity contribution in [2.24, 2.45) is 0 Å². The van der Waals surface area contributed by atoms with Crippen LogP contribution in [0.15, 0.2) is 40.3 Å². The van der Waals surface area contributed by atoms with Gasteiger partial charge in [-0.25, -0.2) is 4.98 Å². The number of para-hydroxylation sites is 1.